The number of hydrogen-bond donors (Lipinski definition) is 1. The van der Waals surface area contributed by atoms with Crippen LogP contribution in [-0.4, -0.2) is 49.8 Å². The molecule has 0 fully saturated rings. The lowest BCUT2D eigenvalue weighted by atomic mass is 10.2. The van der Waals surface area contributed by atoms with Gasteiger partial charge in [0.1, 0.15) is 0 Å². The zero-order valence-electron chi connectivity index (χ0n) is 18.0. The molecule has 5 rings (SSSR count). The van der Waals surface area contributed by atoms with Crippen LogP contribution < -0.4 is 5.32 Å². The Bertz CT molecular complexity index is 1420. The summed E-state index contributed by atoms with van der Waals surface area (Å²) in [6.07, 6.45) is 10.7. The lowest BCUT2D eigenvalue weighted by Crippen LogP contribution is -2.12. The Morgan fingerprint density at radius 1 is 1.09 bits per heavy atom. The molecule has 1 N–H and O–H groups in total. The maximum absolute atomic E-state index is 12.8. The number of carbonyl (C=O) groups excluding carboxylic acids is 1. The van der Waals surface area contributed by atoms with E-state index in [4.69, 9.17) is 0 Å². The average molecular weight is 430 g/mol. The van der Waals surface area contributed by atoms with Crippen molar-refractivity contribution in [1.29, 1.82) is 0 Å². The monoisotopic (exact) mass is 430 g/mol. The zero-order chi connectivity index (χ0) is 22.2. The van der Waals surface area contributed by atoms with Crippen LogP contribution in [0.15, 0.2) is 49.3 Å². The van der Waals surface area contributed by atoms with Gasteiger partial charge in [-0.15, -0.1) is 0 Å². The highest BCUT2D eigenvalue weighted by Crippen LogP contribution is 2.23. The van der Waals surface area contributed by atoms with Crippen LogP contribution in [0, 0.1) is 6.92 Å². The van der Waals surface area contributed by atoms with Gasteiger partial charge in [-0.2, -0.15) is 20.4 Å². The first-order chi connectivity index (χ1) is 15.5. The molecule has 0 aliphatic heterocycles. The van der Waals surface area contributed by atoms with E-state index in [0.717, 1.165) is 29.1 Å². The summed E-state index contributed by atoms with van der Waals surface area (Å²) in [5.41, 5.74) is 5.23. The van der Waals surface area contributed by atoms with Gasteiger partial charge in [-0.3, -0.25) is 18.8 Å². The second-order valence-electron chi connectivity index (χ2n) is 7.48. The molecular weight excluding hydrogens is 408 g/mol. The van der Waals surface area contributed by atoms with Crippen LogP contribution in [0.25, 0.3) is 16.9 Å². The Kier molecular flexibility index (Phi) is 4.77. The van der Waals surface area contributed by atoms with Crippen molar-refractivity contribution in [3.63, 3.8) is 0 Å². The van der Waals surface area contributed by atoms with Crippen LogP contribution in [0.1, 0.15) is 28.7 Å². The molecule has 0 aliphatic rings. The number of anilines is 1. The normalized spacial score (nSPS) is 11.3. The summed E-state index contributed by atoms with van der Waals surface area (Å²) in [7, 11) is 1.88. The van der Waals surface area contributed by atoms with E-state index in [1.54, 1.807) is 44.7 Å². The molecule has 0 unspecified atom stereocenters. The molecule has 0 saturated heterocycles. The maximum atomic E-state index is 12.8. The molecule has 0 saturated carbocycles. The quantitative estimate of drug-likeness (QED) is 0.442. The molecule has 1 amide bonds. The Hall–Kier alpha value is -4.28. The standard InChI is InChI=1S/C21H22N10O/c1-4-29-11-15(8-24-29)12-30-13-16(9-25-30)26-21(32)18-7-20-22-6-5-19(31(20)27-18)17-10-23-28(3)14(17)2/h5-11,13H,4,12H2,1-3H3,(H,26,32). The van der Waals surface area contributed by atoms with Crippen molar-refractivity contribution >= 4 is 17.2 Å². The van der Waals surface area contributed by atoms with E-state index in [0.29, 0.717) is 17.9 Å². The number of aryl methyl sites for hydroxylation is 2. The van der Waals surface area contributed by atoms with E-state index in [9.17, 15) is 4.79 Å². The molecule has 5 heterocycles. The van der Waals surface area contributed by atoms with Gasteiger partial charge in [-0.05, 0) is 19.9 Å². The van der Waals surface area contributed by atoms with Gasteiger partial charge in [0.05, 0.1) is 36.5 Å². The smallest absolute Gasteiger partial charge is 0.276 e. The molecule has 5 aromatic heterocycles. The summed E-state index contributed by atoms with van der Waals surface area (Å²) >= 11 is 0. The van der Waals surface area contributed by atoms with Crippen molar-refractivity contribution in [3.8, 4) is 11.3 Å². The van der Waals surface area contributed by atoms with E-state index in [1.165, 1.54) is 0 Å². The van der Waals surface area contributed by atoms with Crippen molar-refractivity contribution < 1.29 is 4.79 Å². The number of rotatable bonds is 6. The van der Waals surface area contributed by atoms with Gasteiger partial charge in [0, 0.05) is 55.1 Å². The van der Waals surface area contributed by atoms with Gasteiger partial charge in [0.15, 0.2) is 11.3 Å². The second kappa shape index (κ2) is 7.76. The van der Waals surface area contributed by atoms with Crippen molar-refractivity contribution in [2.45, 2.75) is 26.9 Å². The van der Waals surface area contributed by atoms with E-state index in [2.05, 4.69) is 30.7 Å². The molecule has 11 heteroatoms. The van der Waals surface area contributed by atoms with Crippen LogP contribution in [0.2, 0.25) is 0 Å². The van der Waals surface area contributed by atoms with Gasteiger partial charge in [-0.1, -0.05) is 0 Å². The maximum Gasteiger partial charge on any atom is 0.276 e. The molecule has 0 aromatic carbocycles. The number of nitrogens with zero attached hydrogens (tertiary/aromatic N) is 9. The van der Waals surface area contributed by atoms with Crippen molar-refractivity contribution in [3.05, 3.63) is 66.3 Å². The van der Waals surface area contributed by atoms with Crippen LogP contribution in [0.3, 0.4) is 0 Å². The van der Waals surface area contributed by atoms with Crippen molar-refractivity contribution in [1.82, 2.24) is 43.9 Å². The number of amides is 1. The van der Waals surface area contributed by atoms with Crippen LogP contribution in [0.5, 0.6) is 0 Å². The fourth-order valence-electron chi connectivity index (χ4n) is 3.52. The van der Waals surface area contributed by atoms with E-state index in [-0.39, 0.29) is 11.6 Å². The highest BCUT2D eigenvalue weighted by molar-refractivity contribution is 6.03. The third-order valence-electron chi connectivity index (χ3n) is 5.35. The molecule has 5 aromatic rings. The number of nitrogens with one attached hydrogen (secondary N) is 1. The van der Waals surface area contributed by atoms with E-state index in [1.807, 2.05) is 44.0 Å². The molecule has 0 bridgehead atoms. The largest absolute Gasteiger partial charge is 0.318 e. The minimum atomic E-state index is -0.331. The van der Waals surface area contributed by atoms with Gasteiger partial charge in [-0.25, -0.2) is 9.50 Å². The van der Waals surface area contributed by atoms with Crippen molar-refractivity contribution in [2.75, 3.05) is 5.32 Å². The summed E-state index contributed by atoms with van der Waals surface area (Å²) in [5, 5.41) is 20.2. The Balaban J connectivity index is 1.36. The highest BCUT2D eigenvalue weighted by atomic mass is 16.2. The summed E-state index contributed by atoms with van der Waals surface area (Å²) in [4.78, 5) is 17.2. The van der Waals surface area contributed by atoms with Gasteiger partial charge < -0.3 is 5.32 Å². The summed E-state index contributed by atoms with van der Waals surface area (Å²) in [6, 6.07) is 3.52. The predicted molar refractivity (Wildman–Crippen MR) is 117 cm³/mol. The molecule has 0 aliphatic carbocycles. The van der Waals surface area contributed by atoms with E-state index < -0.39 is 0 Å². The number of aromatic nitrogens is 9. The van der Waals surface area contributed by atoms with Gasteiger partial charge >= 0.3 is 0 Å². The lowest BCUT2D eigenvalue weighted by Gasteiger charge is -2.03. The van der Waals surface area contributed by atoms with Crippen molar-refractivity contribution in [2.24, 2.45) is 7.05 Å². The lowest BCUT2D eigenvalue weighted by molar-refractivity contribution is 0.102. The first-order valence-corrected chi connectivity index (χ1v) is 10.2. The minimum Gasteiger partial charge on any atom is -0.318 e. The summed E-state index contributed by atoms with van der Waals surface area (Å²) in [6.45, 7) is 5.41. The average Bonchev–Trinajstić information content (AvgIpc) is 3.57. The molecule has 0 atom stereocenters. The Labute approximate surface area is 183 Å². The third-order valence-corrected chi connectivity index (χ3v) is 5.35. The summed E-state index contributed by atoms with van der Waals surface area (Å²) in [5.74, 6) is -0.331. The highest BCUT2D eigenvalue weighted by Gasteiger charge is 2.17. The Morgan fingerprint density at radius 2 is 1.94 bits per heavy atom. The molecule has 0 radical (unpaired) electrons. The first-order valence-electron chi connectivity index (χ1n) is 10.2. The Morgan fingerprint density at radius 3 is 2.69 bits per heavy atom. The number of hydrogen-bond acceptors (Lipinski definition) is 6. The van der Waals surface area contributed by atoms with E-state index >= 15 is 0 Å². The second-order valence-corrected chi connectivity index (χ2v) is 7.48. The first kappa shape index (κ1) is 19.7. The van der Waals surface area contributed by atoms with Crippen LogP contribution >= 0.6 is 0 Å². The number of carbonyl (C=O) groups is 1. The third kappa shape index (κ3) is 3.53. The SMILES string of the molecule is CCn1cc(Cn2cc(NC(=O)c3cc4nccc(-c5cnn(C)c5C)n4n3)cn2)cn1. The fraction of sp³-hybridized carbons (Fsp3) is 0.238. The fourth-order valence-corrected chi connectivity index (χ4v) is 3.52. The van der Waals surface area contributed by atoms with Crippen LogP contribution in [-0.2, 0) is 20.1 Å². The van der Waals surface area contributed by atoms with Gasteiger partial charge in [0.2, 0.25) is 0 Å². The van der Waals surface area contributed by atoms with Gasteiger partial charge in [0.25, 0.3) is 5.91 Å². The predicted octanol–water partition coefficient (Wildman–Crippen LogP) is 2.15. The summed E-state index contributed by atoms with van der Waals surface area (Å²) < 4.78 is 7.07. The molecular formula is C21H22N10O. The molecule has 32 heavy (non-hydrogen) atoms. The minimum absolute atomic E-state index is 0.267. The van der Waals surface area contributed by atoms with Crippen LogP contribution in [0.4, 0.5) is 5.69 Å². The zero-order valence-corrected chi connectivity index (χ0v) is 18.0. The molecule has 0 spiro atoms. The molecule has 162 valence electrons. The molecule has 11 nitrogen and oxygen atoms in total. The number of fused-ring (bicyclic) bond motifs is 1. The topological polar surface area (TPSA) is 113 Å².